The zero-order valence-corrected chi connectivity index (χ0v) is 18.1. The molecule has 0 aromatic heterocycles. The lowest BCUT2D eigenvalue weighted by Crippen LogP contribution is -2.60. The summed E-state index contributed by atoms with van der Waals surface area (Å²) in [5.74, 6) is -1.55. The van der Waals surface area contributed by atoms with Crippen molar-refractivity contribution in [1.82, 2.24) is 10.2 Å². The number of alkyl halides is 2. The molecule has 1 aliphatic heterocycles. The van der Waals surface area contributed by atoms with E-state index in [1.807, 2.05) is 20.8 Å². The van der Waals surface area contributed by atoms with Crippen molar-refractivity contribution in [1.29, 1.82) is 0 Å². The quantitative estimate of drug-likeness (QED) is 0.705. The van der Waals surface area contributed by atoms with Crippen LogP contribution in [0.2, 0.25) is 0 Å². The molecule has 1 saturated carbocycles. The van der Waals surface area contributed by atoms with Crippen LogP contribution in [-0.4, -0.2) is 48.5 Å². The molecule has 0 atom stereocenters. The van der Waals surface area contributed by atoms with E-state index in [4.69, 9.17) is 0 Å². The van der Waals surface area contributed by atoms with E-state index in [1.165, 1.54) is 6.07 Å². The normalized spacial score (nSPS) is 19.2. The Bertz CT molecular complexity index is 810. The summed E-state index contributed by atoms with van der Waals surface area (Å²) in [6, 6.07) is 3.10. The first-order valence-corrected chi connectivity index (χ1v) is 10.5. The number of nitrogens with zero attached hydrogens (tertiary/aromatic N) is 1. The SMILES string of the molecule is CC(C)(C)NC(=O)CN1CC2(CCC(C(=O)Nc3cc(F)cc(OC(F)F)c3)CC2)C1. The Labute approximate surface area is 180 Å². The lowest BCUT2D eigenvalue weighted by Gasteiger charge is -2.53. The van der Waals surface area contributed by atoms with Crippen LogP contribution >= 0.6 is 0 Å². The van der Waals surface area contributed by atoms with Crippen LogP contribution in [0, 0.1) is 17.2 Å². The summed E-state index contributed by atoms with van der Waals surface area (Å²) in [4.78, 5) is 26.8. The molecule has 3 rings (SSSR count). The predicted octanol–water partition coefficient (Wildman–Crippen LogP) is 3.77. The van der Waals surface area contributed by atoms with Gasteiger partial charge in [-0.25, -0.2) is 4.39 Å². The molecule has 6 nitrogen and oxygen atoms in total. The average molecular weight is 441 g/mol. The van der Waals surface area contributed by atoms with Crippen molar-refractivity contribution in [2.45, 2.75) is 58.6 Å². The minimum atomic E-state index is -3.07. The van der Waals surface area contributed by atoms with E-state index in [-0.39, 0.29) is 40.1 Å². The van der Waals surface area contributed by atoms with Gasteiger partial charge >= 0.3 is 6.61 Å². The molecular weight excluding hydrogens is 411 g/mol. The van der Waals surface area contributed by atoms with E-state index in [2.05, 4.69) is 20.3 Å². The van der Waals surface area contributed by atoms with Gasteiger partial charge in [0.1, 0.15) is 11.6 Å². The molecule has 2 aliphatic rings. The first kappa shape index (κ1) is 23.4. The molecule has 2 fully saturated rings. The Morgan fingerprint density at radius 2 is 1.84 bits per heavy atom. The van der Waals surface area contributed by atoms with Crippen molar-refractivity contribution in [2.24, 2.45) is 11.3 Å². The summed E-state index contributed by atoms with van der Waals surface area (Å²) in [7, 11) is 0. The van der Waals surface area contributed by atoms with Crippen molar-refractivity contribution in [2.75, 3.05) is 25.0 Å². The molecule has 172 valence electrons. The van der Waals surface area contributed by atoms with Crippen LogP contribution in [0.1, 0.15) is 46.5 Å². The molecule has 0 bridgehead atoms. The highest BCUT2D eigenvalue weighted by atomic mass is 19.3. The third-order valence-electron chi connectivity index (χ3n) is 5.78. The molecule has 0 unspecified atom stereocenters. The van der Waals surface area contributed by atoms with Gasteiger partial charge in [-0.05, 0) is 57.9 Å². The van der Waals surface area contributed by atoms with Crippen LogP contribution in [0.5, 0.6) is 5.75 Å². The summed E-state index contributed by atoms with van der Waals surface area (Å²) in [5, 5.41) is 5.58. The van der Waals surface area contributed by atoms with Crippen LogP contribution in [0.3, 0.4) is 0 Å². The van der Waals surface area contributed by atoms with Gasteiger partial charge in [0.2, 0.25) is 11.8 Å². The van der Waals surface area contributed by atoms with Gasteiger partial charge in [-0.1, -0.05) is 0 Å². The third kappa shape index (κ3) is 6.59. The summed E-state index contributed by atoms with van der Waals surface area (Å²) in [6.45, 7) is 4.85. The highest BCUT2D eigenvalue weighted by Crippen LogP contribution is 2.45. The van der Waals surface area contributed by atoms with E-state index >= 15 is 0 Å². The van der Waals surface area contributed by atoms with Gasteiger partial charge in [0.05, 0.1) is 6.54 Å². The zero-order valence-electron chi connectivity index (χ0n) is 18.1. The number of carbonyl (C=O) groups excluding carboxylic acids is 2. The molecular formula is C22H30F3N3O3. The van der Waals surface area contributed by atoms with Gasteiger partial charge in [-0.2, -0.15) is 8.78 Å². The second-order valence-corrected chi connectivity index (χ2v) is 9.76. The monoisotopic (exact) mass is 441 g/mol. The number of benzene rings is 1. The fraction of sp³-hybridized carbons (Fsp3) is 0.636. The molecule has 1 aromatic carbocycles. The number of likely N-dealkylation sites (tertiary alicyclic amines) is 1. The van der Waals surface area contributed by atoms with E-state index < -0.39 is 12.4 Å². The number of amides is 2. The van der Waals surface area contributed by atoms with Gasteiger partial charge < -0.3 is 15.4 Å². The highest BCUT2D eigenvalue weighted by molar-refractivity contribution is 5.92. The van der Waals surface area contributed by atoms with Crippen LogP contribution < -0.4 is 15.4 Å². The number of anilines is 1. The minimum absolute atomic E-state index is 0.0145. The van der Waals surface area contributed by atoms with Gasteiger partial charge in [-0.3, -0.25) is 14.5 Å². The Morgan fingerprint density at radius 3 is 2.42 bits per heavy atom. The number of hydrogen-bond acceptors (Lipinski definition) is 4. The predicted molar refractivity (Wildman–Crippen MR) is 110 cm³/mol. The fourth-order valence-corrected chi connectivity index (χ4v) is 4.53. The smallest absolute Gasteiger partial charge is 0.387 e. The maximum Gasteiger partial charge on any atom is 0.387 e. The van der Waals surface area contributed by atoms with E-state index in [9.17, 15) is 22.8 Å². The first-order chi connectivity index (χ1) is 14.4. The van der Waals surface area contributed by atoms with Gasteiger partial charge in [0, 0.05) is 42.4 Å². The van der Waals surface area contributed by atoms with Gasteiger partial charge in [0.25, 0.3) is 0 Å². The van der Waals surface area contributed by atoms with Crippen molar-refractivity contribution in [3.05, 3.63) is 24.0 Å². The second kappa shape index (κ2) is 9.06. The summed E-state index contributed by atoms with van der Waals surface area (Å²) in [5.41, 5.74) is -0.00440. The van der Waals surface area contributed by atoms with E-state index in [0.717, 1.165) is 38.1 Å². The molecule has 2 amide bonds. The molecule has 1 spiro atoms. The summed E-state index contributed by atoms with van der Waals surface area (Å²) >= 11 is 0. The van der Waals surface area contributed by atoms with Crippen molar-refractivity contribution in [3.63, 3.8) is 0 Å². The number of halogens is 3. The molecule has 1 aromatic rings. The zero-order chi connectivity index (χ0) is 22.8. The molecule has 1 saturated heterocycles. The second-order valence-electron chi connectivity index (χ2n) is 9.76. The Kier molecular flexibility index (Phi) is 6.83. The van der Waals surface area contributed by atoms with E-state index in [1.54, 1.807) is 0 Å². The highest BCUT2D eigenvalue weighted by Gasteiger charge is 2.46. The van der Waals surface area contributed by atoms with Crippen LogP contribution in [0.4, 0.5) is 18.9 Å². The Balaban J connectivity index is 1.46. The van der Waals surface area contributed by atoms with Crippen LogP contribution in [0.25, 0.3) is 0 Å². The molecule has 9 heteroatoms. The van der Waals surface area contributed by atoms with Crippen molar-refractivity contribution >= 4 is 17.5 Å². The number of rotatable bonds is 6. The lowest BCUT2D eigenvalue weighted by molar-refractivity contribution is -0.129. The molecule has 2 N–H and O–H groups in total. The number of hydrogen-bond donors (Lipinski definition) is 2. The van der Waals surface area contributed by atoms with Crippen molar-refractivity contribution in [3.8, 4) is 5.75 Å². The topological polar surface area (TPSA) is 70.7 Å². The number of carbonyl (C=O) groups is 2. The largest absolute Gasteiger partial charge is 0.435 e. The van der Waals surface area contributed by atoms with Crippen LogP contribution in [-0.2, 0) is 9.59 Å². The molecule has 1 aliphatic carbocycles. The number of ether oxygens (including phenoxy) is 1. The van der Waals surface area contributed by atoms with Crippen LogP contribution in [0.15, 0.2) is 18.2 Å². The molecule has 1 heterocycles. The lowest BCUT2D eigenvalue weighted by atomic mass is 9.65. The maximum absolute atomic E-state index is 13.6. The Hall–Kier alpha value is -2.29. The minimum Gasteiger partial charge on any atom is -0.435 e. The number of nitrogens with one attached hydrogen (secondary N) is 2. The first-order valence-electron chi connectivity index (χ1n) is 10.5. The van der Waals surface area contributed by atoms with Gasteiger partial charge in [0.15, 0.2) is 0 Å². The maximum atomic E-state index is 13.6. The molecule has 31 heavy (non-hydrogen) atoms. The summed E-state index contributed by atoms with van der Waals surface area (Å²) < 4.78 is 42.6. The fourth-order valence-electron chi connectivity index (χ4n) is 4.53. The average Bonchev–Trinajstić information content (AvgIpc) is 2.58. The standard InChI is InChI=1S/C22H30F3N3O3/c1-21(2,3)27-18(29)11-28-12-22(13-28)6-4-14(5-7-22)19(30)26-16-8-15(23)9-17(10-16)31-20(24)25/h8-10,14,20H,4-7,11-13H2,1-3H3,(H,26,30)(H,27,29). The summed E-state index contributed by atoms with van der Waals surface area (Å²) in [6.07, 6.45) is 3.16. The third-order valence-corrected chi connectivity index (χ3v) is 5.78. The molecule has 0 radical (unpaired) electrons. The Morgan fingerprint density at radius 1 is 1.19 bits per heavy atom. The van der Waals surface area contributed by atoms with Gasteiger partial charge in [-0.15, -0.1) is 0 Å². The van der Waals surface area contributed by atoms with Crippen molar-refractivity contribution < 1.29 is 27.5 Å². The van der Waals surface area contributed by atoms with E-state index in [0.29, 0.717) is 19.4 Å².